The summed E-state index contributed by atoms with van der Waals surface area (Å²) in [4.78, 5) is 20.6. The van der Waals surface area contributed by atoms with Gasteiger partial charge in [0.1, 0.15) is 17.5 Å². The summed E-state index contributed by atoms with van der Waals surface area (Å²) in [7, 11) is 1.57. The number of halogens is 2. The molecule has 0 aliphatic heterocycles. The van der Waals surface area contributed by atoms with Gasteiger partial charge in [-0.1, -0.05) is 6.07 Å². The second kappa shape index (κ2) is 11.5. The first-order valence-corrected chi connectivity index (χ1v) is 9.47. The number of aromatic nitrogens is 2. The quantitative estimate of drug-likeness (QED) is 0.229. The Balaban J connectivity index is 2.42. The number of alkyl halides is 2. The van der Waals surface area contributed by atoms with Crippen LogP contribution in [0.25, 0.3) is 17.5 Å². The van der Waals surface area contributed by atoms with E-state index >= 15 is 0 Å². The molecule has 0 saturated heterocycles. The molecule has 0 spiro atoms. The minimum Gasteiger partial charge on any atom is -0.440 e. The highest BCUT2D eigenvalue weighted by atomic mass is 19.3. The highest BCUT2D eigenvalue weighted by Crippen LogP contribution is 2.30. The van der Waals surface area contributed by atoms with Crippen molar-refractivity contribution in [2.24, 2.45) is 5.73 Å². The van der Waals surface area contributed by atoms with Crippen molar-refractivity contribution in [3.63, 3.8) is 0 Å². The maximum Gasteiger partial charge on any atom is 0.255 e. The maximum absolute atomic E-state index is 12.7. The minimum atomic E-state index is -2.57. The predicted octanol–water partition coefficient (Wildman–Crippen LogP) is 2.45. The number of carbonyl (C=O) groups excluding carboxylic acids is 1. The SMILES string of the molecule is CCN(CC(F)F)C(=N)/C=C(\NC)Oc1cc(C=C=O)ccc1-c1ncc(CN)cn1. The number of benzene rings is 1. The van der Waals surface area contributed by atoms with E-state index in [4.69, 9.17) is 15.9 Å². The Morgan fingerprint density at radius 3 is 2.65 bits per heavy atom. The number of likely N-dealkylation sites (N-methyl/N-ethyl adjacent to an activating group) is 1. The lowest BCUT2D eigenvalue weighted by atomic mass is 10.1. The lowest BCUT2D eigenvalue weighted by Gasteiger charge is -2.22. The van der Waals surface area contributed by atoms with E-state index in [2.05, 4.69) is 15.3 Å². The summed E-state index contributed by atoms with van der Waals surface area (Å²) >= 11 is 0. The first-order chi connectivity index (χ1) is 14.9. The lowest BCUT2D eigenvalue weighted by Crippen LogP contribution is -2.34. The molecular formula is C21H24F2N6O2. The summed E-state index contributed by atoms with van der Waals surface area (Å²) in [6.45, 7) is 1.66. The van der Waals surface area contributed by atoms with Gasteiger partial charge in [0, 0.05) is 50.2 Å². The molecule has 1 aromatic carbocycles. The standard InChI is InChI=1S/C21H24F2N6O2/c1-3-29(13-18(22)23)19(25)9-20(26-2)31-17-8-14(6-7-30)4-5-16(17)21-27-11-15(10-24)12-28-21/h4-6,8-9,11-12,18,25-26H,3,10,13,24H2,1-2H3/b20-9+,25-19?. The Bertz CT molecular complexity index is 972. The third-order valence-corrected chi connectivity index (χ3v) is 4.23. The van der Waals surface area contributed by atoms with Gasteiger partial charge in [0.05, 0.1) is 12.1 Å². The van der Waals surface area contributed by atoms with Crippen molar-refractivity contribution in [2.75, 3.05) is 20.1 Å². The largest absolute Gasteiger partial charge is 0.440 e. The van der Waals surface area contributed by atoms with Crippen LogP contribution in [0.4, 0.5) is 8.78 Å². The summed E-state index contributed by atoms with van der Waals surface area (Å²) in [5.41, 5.74) is 7.40. The van der Waals surface area contributed by atoms with E-state index in [1.54, 1.807) is 50.5 Å². The molecule has 0 bridgehead atoms. The number of nitrogens with two attached hydrogens (primary N) is 1. The number of nitrogens with one attached hydrogen (secondary N) is 2. The van der Waals surface area contributed by atoms with Gasteiger partial charge >= 0.3 is 0 Å². The van der Waals surface area contributed by atoms with Crippen molar-refractivity contribution in [3.05, 3.63) is 53.7 Å². The van der Waals surface area contributed by atoms with E-state index in [9.17, 15) is 13.6 Å². The molecule has 4 N–H and O–H groups in total. The zero-order valence-electron chi connectivity index (χ0n) is 17.2. The third kappa shape index (κ3) is 6.70. The summed E-state index contributed by atoms with van der Waals surface area (Å²) in [6.07, 6.45) is 3.16. The Morgan fingerprint density at radius 1 is 1.39 bits per heavy atom. The zero-order chi connectivity index (χ0) is 22.8. The van der Waals surface area contributed by atoms with Crippen molar-refractivity contribution in [3.8, 4) is 17.1 Å². The normalized spacial score (nSPS) is 11.1. The Hall–Kier alpha value is -3.62. The fourth-order valence-electron chi connectivity index (χ4n) is 2.62. The van der Waals surface area contributed by atoms with Gasteiger partial charge < -0.3 is 20.7 Å². The zero-order valence-corrected chi connectivity index (χ0v) is 17.2. The van der Waals surface area contributed by atoms with Crippen LogP contribution in [0, 0.1) is 5.41 Å². The lowest BCUT2D eigenvalue weighted by molar-refractivity contribution is 0.117. The van der Waals surface area contributed by atoms with Gasteiger partial charge in [-0.3, -0.25) is 5.41 Å². The summed E-state index contributed by atoms with van der Waals surface area (Å²) in [5, 5.41) is 10.9. The van der Waals surface area contributed by atoms with Crippen LogP contribution in [-0.4, -0.2) is 53.2 Å². The van der Waals surface area contributed by atoms with Gasteiger partial charge in [0.15, 0.2) is 11.7 Å². The predicted molar refractivity (Wildman–Crippen MR) is 114 cm³/mol. The maximum atomic E-state index is 12.7. The summed E-state index contributed by atoms with van der Waals surface area (Å²) in [6, 6.07) is 4.95. The van der Waals surface area contributed by atoms with Crippen LogP contribution < -0.4 is 15.8 Å². The van der Waals surface area contributed by atoms with Gasteiger partial charge in [-0.05, 0) is 24.6 Å². The topological polar surface area (TPSA) is 117 Å². The molecule has 1 heterocycles. The van der Waals surface area contributed by atoms with Crippen molar-refractivity contribution in [2.45, 2.75) is 19.9 Å². The van der Waals surface area contributed by atoms with Crippen molar-refractivity contribution in [1.82, 2.24) is 20.2 Å². The van der Waals surface area contributed by atoms with Crippen LogP contribution in [0.15, 0.2) is 42.6 Å². The summed E-state index contributed by atoms with van der Waals surface area (Å²) < 4.78 is 31.4. The average Bonchev–Trinajstić information content (AvgIpc) is 2.77. The molecule has 0 atom stereocenters. The molecule has 0 saturated carbocycles. The van der Waals surface area contributed by atoms with E-state index in [0.29, 0.717) is 29.2 Å². The first kappa shape index (κ1) is 23.7. The molecule has 164 valence electrons. The minimum absolute atomic E-state index is 0.138. The molecule has 0 radical (unpaired) electrons. The number of hydrogen-bond acceptors (Lipinski definition) is 7. The molecule has 2 rings (SSSR count). The third-order valence-electron chi connectivity index (χ3n) is 4.23. The molecule has 10 heteroatoms. The molecule has 1 aromatic heterocycles. The molecule has 0 aliphatic rings. The van der Waals surface area contributed by atoms with Crippen LogP contribution in [0.1, 0.15) is 18.1 Å². The monoisotopic (exact) mass is 430 g/mol. The van der Waals surface area contributed by atoms with E-state index in [-0.39, 0.29) is 18.3 Å². The average molecular weight is 430 g/mol. The Morgan fingerprint density at radius 2 is 2.10 bits per heavy atom. The van der Waals surface area contributed by atoms with Crippen molar-refractivity contribution in [1.29, 1.82) is 5.41 Å². The van der Waals surface area contributed by atoms with E-state index in [1.165, 1.54) is 17.1 Å². The second-order valence-electron chi connectivity index (χ2n) is 6.31. The number of hydrogen-bond donors (Lipinski definition) is 3. The smallest absolute Gasteiger partial charge is 0.255 e. The summed E-state index contributed by atoms with van der Waals surface area (Å²) in [5.74, 6) is 2.38. The van der Waals surface area contributed by atoms with Gasteiger partial charge in [-0.25, -0.2) is 23.5 Å². The molecule has 0 fully saturated rings. The van der Waals surface area contributed by atoms with Crippen LogP contribution in [0.3, 0.4) is 0 Å². The van der Waals surface area contributed by atoms with Crippen LogP contribution >= 0.6 is 0 Å². The fraction of sp³-hybridized carbons (Fsp3) is 0.286. The Labute approximate surface area is 179 Å². The first-order valence-electron chi connectivity index (χ1n) is 9.47. The molecule has 8 nitrogen and oxygen atoms in total. The number of amidine groups is 1. The number of nitrogens with zero attached hydrogens (tertiary/aromatic N) is 3. The fourth-order valence-corrected chi connectivity index (χ4v) is 2.62. The highest BCUT2D eigenvalue weighted by Gasteiger charge is 2.15. The van der Waals surface area contributed by atoms with Gasteiger partial charge in [0.25, 0.3) is 6.43 Å². The van der Waals surface area contributed by atoms with Gasteiger partial charge in [-0.2, -0.15) is 0 Å². The van der Waals surface area contributed by atoms with Crippen LogP contribution in [0.5, 0.6) is 5.75 Å². The van der Waals surface area contributed by atoms with E-state index in [1.807, 2.05) is 0 Å². The molecule has 0 amide bonds. The van der Waals surface area contributed by atoms with Gasteiger partial charge in [-0.15, -0.1) is 0 Å². The van der Waals surface area contributed by atoms with Crippen LogP contribution in [0.2, 0.25) is 0 Å². The second-order valence-corrected chi connectivity index (χ2v) is 6.31. The van der Waals surface area contributed by atoms with E-state index in [0.717, 1.165) is 5.56 Å². The van der Waals surface area contributed by atoms with Crippen molar-refractivity contribution < 1.29 is 18.3 Å². The number of rotatable bonds is 10. The number of ether oxygens (including phenoxy) is 1. The van der Waals surface area contributed by atoms with E-state index < -0.39 is 13.0 Å². The molecule has 2 aromatic rings. The molecule has 31 heavy (non-hydrogen) atoms. The highest BCUT2D eigenvalue weighted by molar-refractivity contribution is 5.90. The molecule has 0 aliphatic carbocycles. The molecular weight excluding hydrogens is 406 g/mol. The van der Waals surface area contributed by atoms with Gasteiger partial charge in [0.2, 0.25) is 0 Å². The molecule has 0 unspecified atom stereocenters. The Kier molecular flexibility index (Phi) is 8.80. The van der Waals surface area contributed by atoms with Crippen molar-refractivity contribution >= 4 is 17.9 Å². The van der Waals surface area contributed by atoms with Crippen LogP contribution in [-0.2, 0) is 11.3 Å².